The van der Waals surface area contributed by atoms with Gasteiger partial charge in [-0.1, -0.05) is 24.3 Å². The van der Waals surface area contributed by atoms with Crippen LogP contribution >= 0.6 is 0 Å². The summed E-state index contributed by atoms with van der Waals surface area (Å²) in [5, 5.41) is 3.24. The summed E-state index contributed by atoms with van der Waals surface area (Å²) in [6, 6.07) is 21.7. The number of para-hydroxylation sites is 1. The highest BCUT2D eigenvalue weighted by molar-refractivity contribution is 5.96. The van der Waals surface area contributed by atoms with Gasteiger partial charge in [-0.05, 0) is 61.2 Å². The Morgan fingerprint density at radius 3 is 2.45 bits per heavy atom. The van der Waals surface area contributed by atoms with Gasteiger partial charge >= 0.3 is 0 Å². The zero-order chi connectivity index (χ0) is 32.4. The van der Waals surface area contributed by atoms with Crippen molar-refractivity contribution in [3.63, 3.8) is 0 Å². The number of nitrogens with zero attached hydrogens (tertiary/aromatic N) is 3. The van der Waals surface area contributed by atoms with E-state index in [-0.39, 0.29) is 24.4 Å². The molecule has 0 radical (unpaired) electrons. The lowest BCUT2D eigenvalue weighted by atomic mass is 10.0. The van der Waals surface area contributed by atoms with Gasteiger partial charge in [0, 0.05) is 68.6 Å². The van der Waals surface area contributed by atoms with Crippen molar-refractivity contribution in [2.75, 3.05) is 76.0 Å². The number of piperazine rings is 1. The van der Waals surface area contributed by atoms with E-state index >= 15 is 0 Å². The molecule has 2 saturated heterocycles. The quantitative estimate of drug-likeness (QED) is 0.244. The Balaban J connectivity index is 0.995. The number of amides is 2. The highest BCUT2D eigenvalue weighted by Gasteiger charge is 2.30. The molecule has 0 unspecified atom stereocenters. The predicted molar refractivity (Wildman–Crippen MR) is 182 cm³/mol. The normalized spacial score (nSPS) is 18.0. The molecule has 3 aromatic rings. The summed E-state index contributed by atoms with van der Waals surface area (Å²) in [6.45, 7) is 6.33. The summed E-state index contributed by atoms with van der Waals surface area (Å²) in [7, 11) is 1.66. The largest absolute Gasteiger partial charge is 0.496 e. The van der Waals surface area contributed by atoms with Crippen molar-refractivity contribution in [3.05, 3.63) is 77.9 Å². The Labute approximate surface area is 277 Å². The third-order valence-corrected chi connectivity index (χ3v) is 9.08. The van der Waals surface area contributed by atoms with Crippen LogP contribution in [-0.4, -0.2) is 89.0 Å². The van der Waals surface area contributed by atoms with E-state index in [2.05, 4.69) is 22.3 Å². The van der Waals surface area contributed by atoms with Crippen LogP contribution in [-0.2, 0) is 27.4 Å². The van der Waals surface area contributed by atoms with Crippen LogP contribution in [0.25, 0.3) is 0 Å². The second kappa shape index (κ2) is 16.0. The van der Waals surface area contributed by atoms with Crippen molar-refractivity contribution in [3.8, 4) is 17.2 Å². The molecule has 3 aromatic carbocycles. The van der Waals surface area contributed by atoms with E-state index < -0.39 is 0 Å². The van der Waals surface area contributed by atoms with Crippen LogP contribution in [0.2, 0.25) is 0 Å². The average molecular weight is 643 g/mol. The third kappa shape index (κ3) is 8.36. The lowest BCUT2D eigenvalue weighted by Gasteiger charge is -2.36. The Morgan fingerprint density at radius 1 is 0.830 bits per heavy atom. The Hall–Kier alpha value is -4.28. The van der Waals surface area contributed by atoms with Crippen molar-refractivity contribution in [1.29, 1.82) is 0 Å². The fraction of sp³-hybridized carbons (Fsp3) is 0.459. The highest BCUT2D eigenvalue weighted by atomic mass is 16.5. The fourth-order valence-corrected chi connectivity index (χ4v) is 6.60. The van der Waals surface area contributed by atoms with Crippen molar-refractivity contribution >= 4 is 23.2 Å². The number of nitrogens with one attached hydrogen (secondary N) is 1. The van der Waals surface area contributed by atoms with E-state index in [4.69, 9.17) is 18.9 Å². The molecule has 10 heteroatoms. The predicted octanol–water partition coefficient (Wildman–Crippen LogP) is 4.44. The summed E-state index contributed by atoms with van der Waals surface area (Å²) < 4.78 is 23.5. The van der Waals surface area contributed by atoms with Gasteiger partial charge in [0.05, 0.1) is 39.5 Å². The molecule has 3 aliphatic rings. The number of carbonyl (C=O) groups excluding carboxylic acids is 2. The molecule has 2 fully saturated rings. The van der Waals surface area contributed by atoms with Gasteiger partial charge in [-0.3, -0.25) is 9.59 Å². The Kier molecular flexibility index (Phi) is 11.1. The number of ether oxygens (including phenoxy) is 4. The van der Waals surface area contributed by atoms with Crippen LogP contribution in [0, 0.1) is 0 Å². The Morgan fingerprint density at radius 2 is 1.62 bits per heavy atom. The van der Waals surface area contributed by atoms with Crippen LogP contribution in [0.15, 0.2) is 66.7 Å². The van der Waals surface area contributed by atoms with Gasteiger partial charge in [0.1, 0.15) is 23.9 Å². The third-order valence-electron chi connectivity index (χ3n) is 9.08. The summed E-state index contributed by atoms with van der Waals surface area (Å²) in [5.74, 6) is 2.65. The minimum atomic E-state index is -0.156. The van der Waals surface area contributed by atoms with Gasteiger partial charge in [-0.2, -0.15) is 0 Å². The first-order valence-electron chi connectivity index (χ1n) is 16.8. The topological polar surface area (TPSA) is 92.8 Å². The number of benzene rings is 3. The molecule has 3 heterocycles. The molecule has 3 aliphatic heterocycles. The van der Waals surface area contributed by atoms with Gasteiger partial charge in [0.15, 0.2) is 0 Å². The SMILES string of the molecule is COc1ccccc1COCCCOc1ccc(N2C(=O)CNC[C@@H]2COc2ccc3c(c2)N(CCN2CCCC2=O)CCC3)cc1. The number of carbonyl (C=O) groups is 2. The van der Waals surface area contributed by atoms with Crippen molar-refractivity contribution in [2.24, 2.45) is 0 Å². The van der Waals surface area contributed by atoms with E-state index in [9.17, 15) is 9.59 Å². The lowest BCUT2D eigenvalue weighted by Crippen LogP contribution is -2.57. The number of hydrogen-bond donors (Lipinski definition) is 1. The maximum Gasteiger partial charge on any atom is 0.241 e. The van der Waals surface area contributed by atoms with Gasteiger partial charge in [0.2, 0.25) is 11.8 Å². The van der Waals surface area contributed by atoms with Crippen LogP contribution < -0.4 is 29.3 Å². The van der Waals surface area contributed by atoms with Crippen LogP contribution in [0.5, 0.6) is 17.2 Å². The molecule has 47 heavy (non-hydrogen) atoms. The number of methoxy groups -OCH3 is 1. The molecule has 6 rings (SSSR count). The smallest absolute Gasteiger partial charge is 0.241 e. The maximum absolute atomic E-state index is 13.1. The number of hydrogen-bond acceptors (Lipinski definition) is 8. The fourth-order valence-electron chi connectivity index (χ4n) is 6.60. The van der Waals surface area contributed by atoms with Gasteiger partial charge in [-0.25, -0.2) is 0 Å². The van der Waals surface area contributed by atoms with Gasteiger partial charge in [-0.15, -0.1) is 0 Å². The monoisotopic (exact) mass is 642 g/mol. The standard InChI is InChI=1S/C37H46N4O6/c1-44-35-9-3-2-7-29(35)26-45-21-6-22-46-32-15-12-30(13-16-32)41-31(24-38-25-37(41)43)27-47-33-14-11-28-8-4-17-39(34(28)23-33)19-20-40-18-5-10-36(40)42/h2-3,7,9,11-16,23,31,38H,4-6,8,10,17-22,24-27H2,1H3/t31-/m1/s1. The lowest BCUT2D eigenvalue weighted by molar-refractivity contribution is -0.127. The van der Waals surface area contributed by atoms with Crippen LogP contribution in [0.1, 0.15) is 36.8 Å². The first-order valence-corrected chi connectivity index (χ1v) is 16.8. The summed E-state index contributed by atoms with van der Waals surface area (Å²) in [5.41, 5.74) is 4.35. The van der Waals surface area contributed by atoms with E-state index in [1.165, 1.54) is 11.3 Å². The Bertz CT molecular complexity index is 1500. The summed E-state index contributed by atoms with van der Waals surface area (Å²) in [6.07, 6.45) is 4.54. The molecule has 0 saturated carbocycles. The number of likely N-dealkylation sites (tertiary alicyclic amines) is 1. The van der Waals surface area contributed by atoms with Crippen LogP contribution in [0.3, 0.4) is 0 Å². The van der Waals surface area contributed by atoms with Gasteiger partial charge in [0.25, 0.3) is 0 Å². The minimum absolute atomic E-state index is 0.0128. The van der Waals surface area contributed by atoms with Crippen molar-refractivity contribution < 1.29 is 28.5 Å². The molecule has 1 N–H and O–H groups in total. The highest BCUT2D eigenvalue weighted by Crippen LogP contribution is 2.32. The average Bonchev–Trinajstić information content (AvgIpc) is 3.52. The first-order chi connectivity index (χ1) is 23.1. The molecular formula is C37H46N4O6. The second-order valence-electron chi connectivity index (χ2n) is 12.3. The maximum atomic E-state index is 13.1. The van der Waals surface area contributed by atoms with E-state index in [1.807, 2.05) is 64.4 Å². The first kappa shape index (κ1) is 32.7. The minimum Gasteiger partial charge on any atom is -0.496 e. The molecule has 10 nitrogen and oxygen atoms in total. The van der Waals surface area contributed by atoms with E-state index in [0.29, 0.717) is 39.4 Å². The summed E-state index contributed by atoms with van der Waals surface area (Å²) in [4.78, 5) is 31.4. The molecule has 0 bridgehead atoms. The molecular weight excluding hydrogens is 596 g/mol. The number of aryl methyl sites for hydroxylation is 1. The number of rotatable bonds is 15. The molecule has 1 atom stereocenters. The van der Waals surface area contributed by atoms with E-state index in [1.54, 1.807) is 7.11 Å². The van der Waals surface area contributed by atoms with Crippen LogP contribution in [0.4, 0.5) is 11.4 Å². The zero-order valence-corrected chi connectivity index (χ0v) is 27.3. The zero-order valence-electron chi connectivity index (χ0n) is 27.3. The summed E-state index contributed by atoms with van der Waals surface area (Å²) >= 11 is 0. The van der Waals surface area contributed by atoms with Crippen molar-refractivity contribution in [2.45, 2.75) is 44.8 Å². The molecule has 0 aliphatic carbocycles. The molecule has 2 amide bonds. The number of fused-ring (bicyclic) bond motifs is 1. The number of anilines is 2. The molecule has 250 valence electrons. The molecule has 0 aromatic heterocycles. The second-order valence-corrected chi connectivity index (χ2v) is 12.3. The van der Waals surface area contributed by atoms with Crippen molar-refractivity contribution in [1.82, 2.24) is 10.2 Å². The van der Waals surface area contributed by atoms with Gasteiger partial charge < -0.3 is 39.0 Å². The van der Waals surface area contributed by atoms with E-state index in [0.717, 1.165) is 80.4 Å². The molecule has 0 spiro atoms.